The van der Waals surface area contributed by atoms with E-state index in [0.717, 1.165) is 37.9 Å². The van der Waals surface area contributed by atoms with E-state index in [2.05, 4.69) is 19.2 Å². The number of nitrogens with one attached hydrogen (secondary N) is 1. The van der Waals surface area contributed by atoms with Gasteiger partial charge in [-0.2, -0.15) is 0 Å². The Hall–Kier alpha value is -0.870. The number of hydrogen-bond acceptors (Lipinski definition) is 4. The summed E-state index contributed by atoms with van der Waals surface area (Å²) >= 11 is 0. The molecular formula is C16H29NO3. The molecule has 1 rings (SSSR count). The van der Waals surface area contributed by atoms with E-state index in [1.54, 1.807) is 0 Å². The standard InChI is InChI=1S/C16H29NO3/c1-5-13(15(18)19-4)8-10-17-14-9-11-20-16(6-2,7-3)12-14/h8,14,17H,5-7,9-12H2,1-4H3. The third-order valence-corrected chi connectivity index (χ3v) is 4.37. The molecule has 0 bridgehead atoms. The number of esters is 1. The van der Waals surface area contributed by atoms with Crippen LogP contribution in [0.3, 0.4) is 0 Å². The molecule has 1 atom stereocenters. The normalized spacial score (nSPS) is 22.6. The number of rotatable bonds is 7. The van der Waals surface area contributed by atoms with Crippen LogP contribution in [0.15, 0.2) is 11.6 Å². The molecule has 0 aromatic rings. The summed E-state index contributed by atoms with van der Waals surface area (Å²) in [6.07, 6.45) is 6.85. The van der Waals surface area contributed by atoms with Gasteiger partial charge in [0, 0.05) is 24.8 Å². The van der Waals surface area contributed by atoms with Gasteiger partial charge in [0.1, 0.15) is 0 Å². The SMILES string of the molecule is CCC(=CCNC1CCOC(CC)(CC)C1)C(=O)OC. The zero-order valence-corrected chi connectivity index (χ0v) is 13.3. The van der Waals surface area contributed by atoms with Gasteiger partial charge in [0.15, 0.2) is 0 Å². The fourth-order valence-electron chi connectivity index (χ4n) is 2.80. The van der Waals surface area contributed by atoms with Crippen LogP contribution in [0.2, 0.25) is 0 Å². The molecule has 0 aliphatic carbocycles. The highest BCUT2D eigenvalue weighted by molar-refractivity contribution is 5.88. The van der Waals surface area contributed by atoms with E-state index in [4.69, 9.17) is 9.47 Å². The van der Waals surface area contributed by atoms with Crippen LogP contribution in [-0.2, 0) is 14.3 Å². The first-order valence-electron chi connectivity index (χ1n) is 7.75. The summed E-state index contributed by atoms with van der Waals surface area (Å²) < 4.78 is 10.7. The van der Waals surface area contributed by atoms with Crippen molar-refractivity contribution in [2.75, 3.05) is 20.3 Å². The van der Waals surface area contributed by atoms with E-state index < -0.39 is 0 Å². The number of carbonyl (C=O) groups excluding carboxylic acids is 1. The lowest BCUT2D eigenvalue weighted by Crippen LogP contribution is -2.46. The monoisotopic (exact) mass is 283 g/mol. The fourth-order valence-corrected chi connectivity index (χ4v) is 2.80. The summed E-state index contributed by atoms with van der Waals surface area (Å²) in [6.45, 7) is 7.89. The maximum absolute atomic E-state index is 11.5. The highest BCUT2D eigenvalue weighted by atomic mass is 16.5. The summed E-state index contributed by atoms with van der Waals surface area (Å²) in [5.41, 5.74) is 0.777. The minimum Gasteiger partial charge on any atom is -0.466 e. The lowest BCUT2D eigenvalue weighted by Gasteiger charge is -2.40. The molecule has 116 valence electrons. The average molecular weight is 283 g/mol. The summed E-state index contributed by atoms with van der Waals surface area (Å²) in [7, 11) is 1.43. The van der Waals surface area contributed by atoms with Crippen LogP contribution in [-0.4, -0.2) is 37.9 Å². The van der Waals surface area contributed by atoms with E-state index in [-0.39, 0.29) is 11.6 Å². The van der Waals surface area contributed by atoms with Crippen LogP contribution in [0.25, 0.3) is 0 Å². The van der Waals surface area contributed by atoms with Crippen molar-refractivity contribution in [3.63, 3.8) is 0 Å². The molecule has 0 aromatic carbocycles. The first kappa shape index (κ1) is 17.2. The molecule has 1 fully saturated rings. The topological polar surface area (TPSA) is 47.6 Å². The molecule has 1 N–H and O–H groups in total. The number of hydrogen-bond donors (Lipinski definition) is 1. The van der Waals surface area contributed by atoms with Gasteiger partial charge in [0.2, 0.25) is 0 Å². The third-order valence-electron chi connectivity index (χ3n) is 4.37. The molecule has 1 unspecified atom stereocenters. The Morgan fingerprint density at radius 2 is 2.10 bits per heavy atom. The molecule has 4 heteroatoms. The average Bonchev–Trinajstić information content (AvgIpc) is 2.51. The van der Waals surface area contributed by atoms with Crippen LogP contribution in [0, 0.1) is 0 Å². The van der Waals surface area contributed by atoms with Gasteiger partial charge in [0.25, 0.3) is 0 Å². The third kappa shape index (κ3) is 4.60. The van der Waals surface area contributed by atoms with Crippen molar-refractivity contribution in [2.24, 2.45) is 0 Å². The zero-order valence-electron chi connectivity index (χ0n) is 13.3. The van der Waals surface area contributed by atoms with Gasteiger partial charge in [-0.15, -0.1) is 0 Å². The molecule has 1 saturated heterocycles. The van der Waals surface area contributed by atoms with Gasteiger partial charge in [-0.05, 0) is 32.1 Å². The number of methoxy groups -OCH3 is 1. The van der Waals surface area contributed by atoms with Crippen LogP contribution in [0.1, 0.15) is 52.9 Å². The minimum atomic E-state index is -0.224. The van der Waals surface area contributed by atoms with Crippen molar-refractivity contribution in [3.8, 4) is 0 Å². The second kappa shape index (κ2) is 8.42. The number of ether oxygens (including phenoxy) is 2. The van der Waals surface area contributed by atoms with E-state index in [9.17, 15) is 4.79 Å². The van der Waals surface area contributed by atoms with Crippen LogP contribution >= 0.6 is 0 Å². The van der Waals surface area contributed by atoms with Crippen molar-refractivity contribution >= 4 is 5.97 Å². The molecule has 1 aliphatic rings. The largest absolute Gasteiger partial charge is 0.466 e. The molecule has 1 heterocycles. The minimum absolute atomic E-state index is 0.0373. The quantitative estimate of drug-likeness (QED) is 0.576. The highest BCUT2D eigenvalue weighted by Gasteiger charge is 2.33. The first-order valence-corrected chi connectivity index (χ1v) is 7.75. The Balaban J connectivity index is 2.49. The van der Waals surface area contributed by atoms with Gasteiger partial charge in [0.05, 0.1) is 12.7 Å². The smallest absolute Gasteiger partial charge is 0.333 e. The van der Waals surface area contributed by atoms with Gasteiger partial charge < -0.3 is 14.8 Å². The number of carbonyl (C=O) groups is 1. The molecule has 20 heavy (non-hydrogen) atoms. The maximum atomic E-state index is 11.5. The summed E-state index contributed by atoms with van der Waals surface area (Å²) in [4.78, 5) is 11.5. The molecule has 0 spiro atoms. The predicted octanol–water partition coefficient (Wildman–Crippen LogP) is 2.82. The fraction of sp³-hybridized carbons (Fsp3) is 0.812. The molecule has 0 radical (unpaired) electrons. The summed E-state index contributed by atoms with van der Waals surface area (Å²) in [6, 6.07) is 0.468. The van der Waals surface area contributed by atoms with Gasteiger partial charge in [-0.25, -0.2) is 4.79 Å². The van der Waals surface area contributed by atoms with E-state index in [0.29, 0.717) is 19.0 Å². The van der Waals surface area contributed by atoms with Crippen molar-refractivity contribution in [1.82, 2.24) is 5.32 Å². The second-order valence-corrected chi connectivity index (χ2v) is 5.41. The van der Waals surface area contributed by atoms with Crippen molar-refractivity contribution in [1.29, 1.82) is 0 Å². The first-order chi connectivity index (χ1) is 9.60. The van der Waals surface area contributed by atoms with Crippen LogP contribution in [0.5, 0.6) is 0 Å². The van der Waals surface area contributed by atoms with Gasteiger partial charge in [-0.3, -0.25) is 0 Å². The lowest BCUT2D eigenvalue weighted by molar-refractivity contribution is -0.136. The van der Waals surface area contributed by atoms with Crippen LogP contribution in [0.4, 0.5) is 0 Å². The molecule has 0 amide bonds. The molecule has 0 saturated carbocycles. The Bertz CT molecular complexity index is 335. The zero-order chi connectivity index (χ0) is 15.0. The lowest BCUT2D eigenvalue weighted by atomic mass is 9.86. The highest BCUT2D eigenvalue weighted by Crippen LogP contribution is 2.31. The van der Waals surface area contributed by atoms with Crippen LogP contribution < -0.4 is 5.32 Å². The Labute approximate surface area is 122 Å². The summed E-state index contributed by atoms with van der Waals surface area (Å²) in [5, 5.41) is 3.52. The molecule has 1 aliphatic heterocycles. The maximum Gasteiger partial charge on any atom is 0.333 e. The second-order valence-electron chi connectivity index (χ2n) is 5.41. The predicted molar refractivity (Wildman–Crippen MR) is 80.7 cm³/mol. The Morgan fingerprint density at radius 3 is 2.65 bits per heavy atom. The molecule has 0 aromatic heterocycles. The Morgan fingerprint density at radius 1 is 1.40 bits per heavy atom. The van der Waals surface area contributed by atoms with Gasteiger partial charge in [-0.1, -0.05) is 26.8 Å². The van der Waals surface area contributed by atoms with Gasteiger partial charge >= 0.3 is 5.97 Å². The summed E-state index contributed by atoms with van der Waals surface area (Å²) in [5.74, 6) is -0.224. The van der Waals surface area contributed by atoms with E-state index >= 15 is 0 Å². The van der Waals surface area contributed by atoms with E-state index in [1.807, 2.05) is 13.0 Å². The molecular weight excluding hydrogens is 254 g/mol. The van der Waals surface area contributed by atoms with E-state index in [1.165, 1.54) is 7.11 Å². The Kier molecular flexibility index (Phi) is 7.24. The van der Waals surface area contributed by atoms with Crippen molar-refractivity contribution < 1.29 is 14.3 Å². The molecule has 4 nitrogen and oxygen atoms in total. The van der Waals surface area contributed by atoms with Crippen molar-refractivity contribution in [3.05, 3.63) is 11.6 Å². The van der Waals surface area contributed by atoms with Crippen molar-refractivity contribution in [2.45, 2.75) is 64.5 Å².